The second-order valence-corrected chi connectivity index (χ2v) is 3.95. The van der Waals surface area contributed by atoms with Crippen LogP contribution >= 0.6 is 0 Å². The maximum Gasteiger partial charge on any atom is 0.337 e. The van der Waals surface area contributed by atoms with E-state index in [1.165, 1.54) is 0 Å². The van der Waals surface area contributed by atoms with Crippen LogP contribution in [0.1, 0.15) is 17.3 Å². The molecule has 1 amide bonds. The van der Waals surface area contributed by atoms with E-state index in [2.05, 4.69) is 27.1 Å². The SMILES string of the molecule is C=CCOc1ccccc1C(=O)Nc1nc(OCC)n[nH]1. The van der Waals surface area contributed by atoms with E-state index in [9.17, 15) is 4.79 Å². The molecule has 0 saturated heterocycles. The summed E-state index contributed by atoms with van der Waals surface area (Å²) in [6.45, 7) is 6.17. The highest BCUT2D eigenvalue weighted by Crippen LogP contribution is 2.19. The summed E-state index contributed by atoms with van der Waals surface area (Å²) in [7, 11) is 0. The first-order valence-corrected chi connectivity index (χ1v) is 6.44. The number of nitrogens with one attached hydrogen (secondary N) is 2. The van der Waals surface area contributed by atoms with E-state index in [1.54, 1.807) is 30.3 Å². The van der Waals surface area contributed by atoms with Gasteiger partial charge in [-0.3, -0.25) is 10.1 Å². The second-order valence-electron chi connectivity index (χ2n) is 3.95. The minimum Gasteiger partial charge on any atom is -0.489 e. The highest BCUT2D eigenvalue weighted by Gasteiger charge is 2.14. The van der Waals surface area contributed by atoms with Crippen LogP contribution in [-0.2, 0) is 0 Å². The molecule has 0 fully saturated rings. The molecular formula is C14H16N4O3. The smallest absolute Gasteiger partial charge is 0.337 e. The molecule has 0 aliphatic carbocycles. The van der Waals surface area contributed by atoms with Crippen molar-refractivity contribution >= 4 is 11.9 Å². The number of rotatable bonds is 7. The Balaban J connectivity index is 2.10. The Labute approximate surface area is 122 Å². The zero-order valence-electron chi connectivity index (χ0n) is 11.6. The maximum atomic E-state index is 12.2. The predicted octanol–water partition coefficient (Wildman–Crippen LogP) is 2.02. The van der Waals surface area contributed by atoms with Gasteiger partial charge in [0.2, 0.25) is 5.95 Å². The summed E-state index contributed by atoms with van der Waals surface area (Å²) in [4.78, 5) is 16.2. The number of benzene rings is 1. The second kappa shape index (κ2) is 7.09. The summed E-state index contributed by atoms with van der Waals surface area (Å²) >= 11 is 0. The van der Waals surface area contributed by atoms with E-state index < -0.39 is 0 Å². The number of hydrogen-bond donors (Lipinski definition) is 2. The molecular weight excluding hydrogens is 272 g/mol. The first-order valence-electron chi connectivity index (χ1n) is 6.44. The largest absolute Gasteiger partial charge is 0.489 e. The molecule has 0 aliphatic rings. The molecule has 2 N–H and O–H groups in total. The van der Waals surface area contributed by atoms with E-state index in [0.717, 1.165) is 0 Å². The van der Waals surface area contributed by atoms with E-state index in [1.807, 2.05) is 6.92 Å². The van der Waals surface area contributed by atoms with Crippen molar-refractivity contribution in [1.82, 2.24) is 15.2 Å². The lowest BCUT2D eigenvalue weighted by atomic mass is 10.2. The molecule has 110 valence electrons. The van der Waals surface area contributed by atoms with Crippen LogP contribution in [0.25, 0.3) is 0 Å². The van der Waals surface area contributed by atoms with Crippen LogP contribution in [0.2, 0.25) is 0 Å². The normalized spacial score (nSPS) is 9.95. The zero-order chi connectivity index (χ0) is 15.1. The summed E-state index contributed by atoms with van der Waals surface area (Å²) in [6, 6.07) is 7.10. The van der Waals surface area contributed by atoms with Crippen molar-refractivity contribution in [2.24, 2.45) is 0 Å². The molecule has 0 atom stereocenters. The predicted molar refractivity (Wildman–Crippen MR) is 77.6 cm³/mol. The van der Waals surface area contributed by atoms with Crippen LogP contribution in [-0.4, -0.2) is 34.3 Å². The van der Waals surface area contributed by atoms with Gasteiger partial charge in [-0.25, -0.2) is 5.10 Å². The quantitative estimate of drug-likeness (QED) is 0.761. The first-order chi connectivity index (χ1) is 10.2. The molecule has 0 aliphatic heterocycles. The maximum absolute atomic E-state index is 12.2. The van der Waals surface area contributed by atoms with Gasteiger partial charge in [0.25, 0.3) is 5.91 Å². The van der Waals surface area contributed by atoms with Gasteiger partial charge in [-0.1, -0.05) is 24.8 Å². The van der Waals surface area contributed by atoms with Crippen LogP contribution < -0.4 is 14.8 Å². The molecule has 1 aromatic carbocycles. The number of anilines is 1. The standard InChI is InChI=1S/C14H16N4O3/c1-3-9-21-11-8-6-5-7-10(11)12(19)15-13-16-14(18-17-13)20-4-2/h3,5-8H,1,4,9H2,2H3,(H2,15,16,17,18,19). The highest BCUT2D eigenvalue weighted by molar-refractivity contribution is 6.05. The number of hydrogen-bond acceptors (Lipinski definition) is 5. The molecule has 2 aromatic rings. The monoisotopic (exact) mass is 288 g/mol. The Morgan fingerprint density at radius 2 is 2.24 bits per heavy atom. The van der Waals surface area contributed by atoms with Crippen LogP contribution in [0, 0.1) is 0 Å². The number of aromatic nitrogens is 3. The molecule has 21 heavy (non-hydrogen) atoms. The fraction of sp³-hybridized carbons (Fsp3) is 0.214. The number of carbonyl (C=O) groups is 1. The van der Waals surface area contributed by atoms with Crippen LogP contribution in [0.3, 0.4) is 0 Å². The van der Waals surface area contributed by atoms with Gasteiger partial charge >= 0.3 is 6.01 Å². The van der Waals surface area contributed by atoms with Crippen LogP contribution in [0.15, 0.2) is 36.9 Å². The van der Waals surface area contributed by atoms with Crippen molar-refractivity contribution in [2.75, 3.05) is 18.5 Å². The molecule has 2 rings (SSSR count). The van der Waals surface area contributed by atoms with Gasteiger partial charge in [0, 0.05) is 0 Å². The van der Waals surface area contributed by atoms with Crippen molar-refractivity contribution in [3.63, 3.8) is 0 Å². The van der Waals surface area contributed by atoms with Crippen molar-refractivity contribution in [2.45, 2.75) is 6.92 Å². The van der Waals surface area contributed by atoms with Gasteiger partial charge in [0.15, 0.2) is 0 Å². The number of amides is 1. The molecule has 7 heteroatoms. The van der Waals surface area contributed by atoms with E-state index >= 15 is 0 Å². The lowest BCUT2D eigenvalue weighted by Crippen LogP contribution is -2.14. The third-order valence-corrected chi connectivity index (χ3v) is 2.46. The summed E-state index contributed by atoms with van der Waals surface area (Å²) in [5, 5.41) is 8.99. The molecule has 1 heterocycles. The van der Waals surface area contributed by atoms with E-state index in [4.69, 9.17) is 9.47 Å². The summed E-state index contributed by atoms with van der Waals surface area (Å²) in [5.41, 5.74) is 0.397. The molecule has 0 spiro atoms. The topological polar surface area (TPSA) is 89.1 Å². The van der Waals surface area contributed by atoms with Crippen LogP contribution in [0.4, 0.5) is 5.95 Å². The Morgan fingerprint density at radius 1 is 1.43 bits per heavy atom. The third kappa shape index (κ3) is 3.82. The van der Waals surface area contributed by atoms with E-state index in [-0.39, 0.29) is 17.9 Å². The Kier molecular flexibility index (Phi) is 4.92. The molecule has 0 bridgehead atoms. The summed E-state index contributed by atoms with van der Waals surface area (Å²) < 4.78 is 10.5. The molecule has 0 unspecified atom stereocenters. The minimum absolute atomic E-state index is 0.184. The van der Waals surface area contributed by atoms with Gasteiger partial charge in [0.1, 0.15) is 12.4 Å². The van der Waals surface area contributed by atoms with Gasteiger partial charge < -0.3 is 9.47 Å². The minimum atomic E-state index is -0.353. The molecule has 7 nitrogen and oxygen atoms in total. The number of para-hydroxylation sites is 1. The van der Waals surface area contributed by atoms with Gasteiger partial charge in [-0.05, 0) is 19.1 Å². The van der Waals surface area contributed by atoms with Gasteiger partial charge in [0.05, 0.1) is 12.2 Å². The lowest BCUT2D eigenvalue weighted by molar-refractivity contribution is 0.102. The third-order valence-electron chi connectivity index (χ3n) is 2.46. The van der Waals surface area contributed by atoms with E-state index in [0.29, 0.717) is 24.5 Å². The van der Waals surface area contributed by atoms with Gasteiger partial charge in [-0.15, -0.1) is 5.10 Å². The lowest BCUT2D eigenvalue weighted by Gasteiger charge is -2.08. The number of carbonyl (C=O) groups excluding carboxylic acids is 1. The number of nitrogens with zero attached hydrogens (tertiary/aromatic N) is 2. The molecule has 0 radical (unpaired) electrons. The highest BCUT2D eigenvalue weighted by atomic mass is 16.5. The fourth-order valence-electron chi connectivity index (χ4n) is 1.60. The van der Waals surface area contributed by atoms with Crippen molar-refractivity contribution in [1.29, 1.82) is 0 Å². The average Bonchev–Trinajstić information content (AvgIpc) is 2.93. The number of aromatic amines is 1. The fourth-order valence-corrected chi connectivity index (χ4v) is 1.60. The Hall–Kier alpha value is -2.83. The summed E-state index contributed by atoms with van der Waals surface area (Å²) in [6.07, 6.45) is 1.61. The average molecular weight is 288 g/mol. The Bertz CT molecular complexity index is 624. The zero-order valence-corrected chi connectivity index (χ0v) is 11.6. The van der Waals surface area contributed by atoms with Crippen molar-refractivity contribution in [3.8, 4) is 11.8 Å². The number of H-pyrrole nitrogens is 1. The summed E-state index contributed by atoms with van der Waals surface area (Å²) in [5.74, 6) is 0.329. The van der Waals surface area contributed by atoms with Crippen molar-refractivity contribution < 1.29 is 14.3 Å². The molecule has 0 saturated carbocycles. The molecule has 1 aromatic heterocycles. The van der Waals surface area contributed by atoms with Crippen LogP contribution in [0.5, 0.6) is 11.8 Å². The van der Waals surface area contributed by atoms with Gasteiger partial charge in [-0.2, -0.15) is 4.98 Å². The van der Waals surface area contributed by atoms with Crippen molar-refractivity contribution in [3.05, 3.63) is 42.5 Å². The first kappa shape index (κ1) is 14.6. The number of ether oxygens (including phenoxy) is 2. The Morgan fingerprint density at radius 3 is 3.00 bits per heavy atom.